The Morgan fingerprint density at radius 1 is 1.15 bits per heavy atom. The van der Waals surface area contributed by atoms with E-state index in [9.17, 15) is 14.4 Å². The molecule has 2 fully saturated rings. The highest BCUT2D eigenvalue weighted by molar-refractivity contribution is 6.14. The van der Waals surface area contributed by atoms with Gasteiger partial charge in [0.15, 0.2) is 11.6 Å². The SMILES string of the molecule is CC(=O)C1C(=O)c2cc(C(=O)C3CCNC3)ccc2OC12CCNCC2. The van der Waals surface area contributed by atoms with Crippen molar-refractivity contribution in [1.82, 2.24) is 10.6 Å². The summed E-state index contributed by atoms with van der Waals surface area (Å²) >= 11 is 0. The Hall–Kier alpha value is -2.05. The number of ether oxygens (including phenoxy) is 1. The van der Waals surface area contributed by atoms with E-state index in [-0.39, 0.29) is 23.3 Å². The zero-order chi connectivity index (χ0) is 18.3. The summed E-state index contributed by atoms with van der Waals surface area (Å²) in [7, 11) is 0. The number of hydrogen-bond acceptors (Lipinski definition) is 6. The van der Waals surface area contributed by atoms with Gasteiger partial charge in [-0.2, -0.15) is 0 Å². The van der Waals surface area contributed by atoms with Crippen LogP contribution in [0.15, 0.2) is 18.2 Å². The van der Waals surface area contributed by atoms with Crippen molar-refractivity contribution in [2.75, 3.05) is 26.2 Å². The molecule has 0 bridgehead atoms. The number of carbonyl (C=O) groups is 3. The average molecular weight is 356 g/mol. The summed E-state index contributed by atoms with van der Waals surface area (Å²) in [5, 5.41) is 6.45. The van der Waals surface area contributed by atoms with E-state index in [0.29, 0.717) is 36.3 Å². The van der Waals surface area contributed by atoms with Crippen LogP contribution in [0.25, 0.3) is 0 Å². The van der Waals surface area contributed by atoms with Crippen molar-refractivity contribution in [3.05, 3.63) is 29.3 Å². The predicted octanol–water partition coefficient (Wildman–Crippen LogP) is 1.38. The monoisotopic (exact) mass is 356 g/mol. The van der Waals surface area contributed by atoms with Crippen molar-refractivity contribution in [1.29, 1.82) is 0 Å². The molecule has 4 rings (SSSR count). The van der Waals surface area contributed by atoms with E-state index < -0.39 is 11.5 Å². The van der Waals surface area contributed by atoms with E-state index in [1.54, 1.807) is 18.2 Å². The Bertz CT molecular complexity index is 761. The largest absolute Gasteiger partial charge is 0.485 e. The van der Waals surface area contributed by atoms with E-state index in [2.05, 4.69) is 10.6 Å². The Labute approximate surface area is 152 Å². The highest BCUT2D eigenvalue weighted by atomic mass is 16.5. The van der Waals surface area contributed by atoms with Crippen molar-refractivity contribution in [3.63, 3.8) is 0 Å². The number of Topliss-reactive ketones (excluding diaryl/α,β-unsaturated/α-hetero) is 3. The van der Waals surface area contributed by atoms with Gasteiger partial charge in [0.05, 0.1) is 5.56 Å². The lowest BCUT2D eigenvalue weighted by molar-refractivity contribution is -0.127. The summed E-state index contributed by atoms with van der Waals surface area (Å²) in [5.74, 6) is -0.677. The van der Waals surface area contributed by atoms with Crippen LogP contribution < -0.4 is 15.4 Å². The third kappa shape index (κ3) is 2.77. The highest BCUT2D eigenvalue weighted by Gasteiger charge is 2.52. The Morgan fingerprint density at radius 3 is 2.58 bits per heavy atom. The number of rotatable bonds is 3. The minimum absolute atomic E-state index is 0.0483. The Balaban J connectivity index is 1.71. The molecule has 3 aliphatic heterocycles. The van der Waals surface area contributed by atoms with E-state index >= 15 is 0 Å². The van der Waals surface area contributed by atoms with Crippen molar-refractivity contribution >= 4 is 17.3 Å². The lowest BCUT2D eigenvalue weighted by atomic mass is 9.72. The van der Waals surface area contributed by atoms with Crippen LogP contribution in [0.4, 0.5) is 0 Å². The Kier molecular flexibility index (Phi) is 4.40. The van der Waals surface area contributed by atoms with E-state index in [0.717, 1.165) is 26.1 Å². The van der Waals surface area contributed by atoms with Gasteiger partial charge in [0, 0.05) is 30.9 Å². The summed E-state index contributed by atoms with van der Waals surface area (Å²) in [4.78, 5) is 38.2. The molecule has 6 heteroatoms. The third-order valence-corrected chi connectivity index (χ3v) is 5.92. The first-order valence-corrected chi connectivity index (χ1v) is 9.35. The summed E-state index contributed by atoms with van der Waals surface area (Å²) in [6.07, 6.45) is 2.06. The molecule has 0 radical (unpaired) electrons. The molecule has 0 saturated carbocycles. The number of piperidine rings is 1. The maximum absolute atomic E-state index is 13.2. The smallest absolute Gasteiger partial charge is 0.181 e. The first-order valence-electron chi connectivity index (χ1n) is 9.35. The summed E-state index contributed by atoms with van der Waals surface area (Å²) in [6, 6.07) is 5.10. The first-order chi connectivity index (χ1) is 12.5. The fraction of sp³-hybridized carbons (Fsp3) is 0.550. The first kappa shape index (κ1) is 17.4. The van der Waals surface area contributed by atoms with Gasteiger partial charge in [-0.05, 0) is 51.2 Å². The molecule has 0 aliphatic carbocycles. The number of fused-ring (bicyclic) bond motifs is 1. The van der Waals surface area contributed by atoms with Gasteiger partial charge in [0.1, 0.15) is 23.1 Å². The summed E-state index contributed by atoms with van der Waals surface area (Å²) in [5.41, 5.74) is 0.131. The number of carbonyl (C=O) groups excluding carboxylic acids is 3. The molecule has 2 saturated heterocycles. The molecule has 0 amide bonds. The highest BCUT2D eigenvalue weighted by Crippen LogP contribution is 2.42. The van der Waals surface area contributed by atoms with Crippen LogP contribution in [0, 0.1) is 11.8 Å². The lowest BCUT2D eigenvalue weighted by Crippen LogP contribution is -2.58. The van der Waals surface area contributed by atoms with Crippen LogP contribution >= 0.6 is 0 Å². The van der Waals surface area contributed by atoms with Crippen LogP contribution in [0.2, 0.25) is 0 Å². The molecule has 2 unspecified atom stereocenters. The molecule has 1 aromatic rings. The second-order valence-electron chi connectivity index (χ2n) is 7.59. The van der Waals surface area contributed by atoms with Gasteiger partial charge in [-0.25, -0.2) is 0 Å². The molecule has 26 heavy (non-hydrogen) atoms. The molecule has 6 nitrogen and oxygen atoms in total. The van der Waals surface area contributed by atoms with Gasteiger partial charge < -0.3 is 15.4 Å². The molecular weight excluding hydrogens is 332 g/mol. The van der Waals surface area contributed by atoms with Crippen LogP contribution in [-0.4, -0.2) is 49.1 Å². The number of benzene rings is 1. The molecule has 2 N–H and O–H groups in total. The number of hydrogen-bond donors (Lipinski definition) is 2. The second kappa shape index (κ2) is 6.59. The molecule has 1 aromatic carbocycles. The van der Waals surface area contributed by atoms with Crippen LogP contribution in [0.1, 0.15) is 46.9 Å². The van der Waals surface area contributed by atoms with Crippen LogP contribution in [0.5, 0.6) is 5.75 Å². The van der Waals surface area contributed by atoms with Crippen LogP contribution in [-0.2, 0) is 4.79 Å². The van der Waals surface area contributed by atoms with E-state index in [4.69, 9.17) is 4.74 Å². The molecular formula is C20H24N2O4. The van der Waals surface area contributed by atoms with E-state index in [1.807, 2.05) is 0 Å². The normalized spacial score (nSPS) is 27.0. The number of ketones is 3. The predicted molar refractivity (Wildman–Crippen MR) is 95.7 cm³/mol. The fourth-order valence-corrected chi connectivity index (χ4v) is 4.55. The van der Waals surface area contributed by atoms with Crippen molar-refractivity contribution in [2.45, 2.75) is 31.8 Å². The van der Waals surface area contributed by atoms with Gasteiger partial charge in [0.2, 0.25) is 0 Å². The van der Waals surface area contributed by atoms with Crippen LogP contribution in [0.3, 0.4) is 0 Å². The lowest BCUT2D eigenvalue weighted by Gasteiger charge is -2.45. The van der Waals surface area contributed by atoms with E-state index in [1.165, 1.54) is 6.92 Å². The Morgan fingerprint density at radius 2 is 1.92 bits per heavy atom. The maximum atomic E-state index is 13.2. The fourth-order valence-electron chi connectivity index (χ4n) is 4.55. The minimum Gasteiger partial charge on any atom is -0.485 e. The molecule has 138 valence electrons. The van der Waals surface area contributed by atoms with Gasteiger partial charge in [-0.15, -0.1) is 0 Å². The maximum Gasteiger partial charge on any atom is 0.181 e. The van der Waals surface area contributed by atoms with Gasteiger partial charge >= 0.3 is 0 Å². The zero-order valence-corrected chi connectivity index (χ0v) is 15.0. The topological polar surface area (TPSA) is 84.5 Å². The summed E-state index contributed by atoms with van der Waals surface area (Å²) < 4.78 is 6.26. The van der Waals surface area contributed by atoms with Gasteiger partial charge in [-0.3, -0.25) is 14.4 Å². The molecule has 3 aliphatic rings. The third-order valence-electron chi connectivity index (χ3n) is 5.92. The van der Waals surface area contributed by atoms with Gasteiger partial charge in [-0.1, -0.05) is 0 Å². The molecule has 3 heterocycles. The van der Waals surface area contributed by atoms with Crippen molar-refractivity contribution in [2.24, 2.45) is 11.8 Å². The molecule has 1 spiro atoms. The summed E-state index contributed by atoms with van der Waals surface area (Å²) in [6.45, 7) is 4.41. The second-order valence-corrected chi connectivity index (χ2v) is 7.59. The number of nitrogens with one attached hydrogen (secondary N) is 2. The minimum atomic E-state index is -0.796. The molecule has 2 atom stereocenters. The van der Waals surface area contributed by atoms with Gasteiger partial charge in [0.25, 0.3) is 0 Å². The van der Waals surface area contributed by atoms with Crippen molar-refractivity contribution < 1.29 is 19.1 Å². The standard InChI is InChI=1S/C20H24N2O4/c1-12(23)17-19(25)15-10-13(18(24)14-4-7-22-11-14)2-3-16(15)26-20(17)5-8-21-9-6-20/h2-3,10,14,17,21-22H,4-9,11H2,1H3. The van der Waals surface area contributed by atoms with Crippen molar-refractivity contribution in [3.8, 4) is 5.75 Å². The molecule has 0 aromatic heterocycles. The average Bonchev–Trinajstić information content (AvgIpc) is 3.16. The quantitative estimate of drug-likeness (QED) is 0.629. The zero-order valence-electron chi connectivity index (χ0n) is 15.0.